The number of aromatic nitrogens is 2. The van der Waals surface area contributed by atoms with Crippen LogP contribution in [0.15, 0.2) is 42.5 Å². The summed E-state index contributed by atoms with van der Waals surface area (Å²) in [7, 11) is 0. The van der Waals surface area contributed by atoms with Gasteiger partial charge >= 0.3 is 0 Å². The van der Waals surface area contributed by atoms with Gasteiger partial charge in [0.25, 0.3) is 5.91 Å². The molecule has 0 saturated carbocycles. The van der Waals surface area contributed by atoms with E-state index in [0.717, 1.165) is 10.6 Å². The van der Waals surface area contributed by atoms with Gasteiger partial charge in [0.15, 0.2) is 0 Å². The lowest BCUT2D eigenvalue weighted by Crippen LogP contribution is -2.11. The molecule has 1 aromatic heterocycles. The van der Waals surface area contributed by atoms with Gasteiger partial charge in [-0.3, -0.25) is 10.1 Å². The zero-order valence-corrected chi connectivity index (χ0v) is 14.3. The van der Waals surface area contributed by atoms with Gasteiger partial charge < -0.3 is 0 Å². The summed E-state index contributed by atoms with van der Waals surface area (Å²) < 4.78 is 0. The van der Waals surface area contributed by atoms with Crippen LogP contribution in [0.3, 0.4) is 0 Å². The van der Waals surface area contributed by atoms with Crippen molar-refractivity contribution in [2.24, 2.45) is 0 Å². The monoisotopic (exact) mass is 363 g/mol. The van der Waals surface area contributed by atoms with Crippen LogP contribution in [0.25, 0.3) is 10.6 Å². The Balaban J connectivity index is 1.77. The number of hydrogen-bond acceptors (Lipinski definition) is 4. The van der Waals surface area contributed by atoms with Crippen LogP contribution in [0.1, 0.15) is 15.9 Å². The summed E-state index contributed by atoms with van der Waals surface area (Å²) in [5, 5.41) is 12.7. The Morgan fingerprint density at radius 2 is 1.78 bits per heavy atom. The number of halogens is 2. The molecule has 0 bridgehead atoms. The fourth-order valence-electron chi connectivity index (χ4n) is 1.89. The van der Waals surface area contributed by atoms with Gasteiger partial charge in [-0.2, -0.15) is 0 Å². The van der Waals surface area contributed by atoms with Crippen molar-refractivity contribution in [3.8, 4) is 10.6 Å². The molecular formula is C16H11Cl2N3OS. The summed E-state index contributed by atoms with van der Waals surface area (Å²) in [4.78, 5) is 12.2. The molecule has 0 fully saturated rings. The predicted molar refractivity (Wildman–Crippen MR) is 94.5 cm³/mol. The summed E-state index contributed by atoms with van der Waals surface area (Å²) in [6.07, 6.45) is 0. The van der Waals surface area contributed by atoms with Gasteiger partial charge in [-0.1, -0.05) is 64.4 Å². The fourth-order valence-corrected chi connectivity index (χ4v) is 2.94. The van der Waals surface area contributed by atoms with E-state index in [-0.39, 0.29) is 5.91 Å². The average Bonchev–Trinajstić information content (AvgIpc) is 2.99. The molecule has 116 valence electrons. The first-order valence-electron chi connectivity index (χ1n) is 6.70. The van der Waals surface area contributed by atoms with E-state index in [1.807, 2.05) is 31.2 Å². The number of amides is 1. The van der Waals surface area contributed by atoms with Gasteiger partial charge in [-0.05, 0) is 25.1 Å². The van der Waals surface area contributed by atoms with Crippen LogP contribution in [0.4, 0.5) is 5.13 Å². The topological polar surface area (TPSA) is 54.9 Å². The normalized spacial score (nSPS) is 10.6. The lowest BCUT2D eigenvalue weighted by molar-refractivity contribution is 0.102. The third kappa shape index (κ3) is 3.69. The molecule has 0 aliphatic heterocycles. The van der Waals surface area contributed by atoms with Gasteiger partial charge in [0.2, 0.25) is 5.13 Å². The summed E-state index contributed by atoms with van der Waals surface area (Å²) in [5.41, 5.74) is 2.54. The van der Waals surface area contributed by atoms with Crippen LogP contribution in [0.2, 0.25) is 10.0 Å². The zero-order valence-electron chi connectivity index (χ0n) is 12.0. The van der Waals surface area contributed by atoms with E-state index in [1.54, 1.807) is 12.1 Å². The van der Waals surface area contributed by atoms with E-state index < -0.39 is 0 Å². The van der Waals surface area contributed by atoms with E-state index >= 15 is 0 Å². The first kappa shape index (κ1) is 15.9. The molecule has 23 heavy (non-hydrogen) atoms. The Kier molecular flexibility index (Phi) is 4.61. The second-order valence-corrected chi connectivity index (χ2v) is 6.65. The molecule has 0 radical (unpaired) electrons. The van der Waals surface area contributed by atoms with Crippen LogP contribution in [-0.2, 0) is 0 Å². The number of carbonyl (C=O) groups is 1. The van der Waals surface area contributed by atoms with Gasteiger partial charge in [0.1, 0.15) is 5.01 Å². The highest BCUT2D eigenvalue weighted by molar-refractivity contribution is 7.18. The highest BCUT2D eigenvalue weighted by Gasteiger charge is 2.12. The molecule has 7 heteroatoms. The first-order chi connectivity index (χ1) is 11.0. The largest absolute Gasteiger partial charge is 0.296 e. The molecule has 3 rings (SSSR count). The Bertz CT molecular complexity index is 862. The van der Waals surface area contributed by atoms with E-state index in [9.17, 15) is 4.79 Å². The zero-order chi connectivity index (χ0) is 16.4. The Morgan fingerprint density at radius 1 is 1.04 bits per heavy atom. The minimum absolute atomic E-state index is 0.310. The minimum Gasteiger partial charge on any atom is -0.296 e. The van der Waals surface area contributed by atoms with Crippen molar-refractivity contribution in [3.05, 3.63) is 63.6 Å². The van der Waals surface area contributed by atoms with Gasteiger partial charge in [0, 0.05) is 11.1 Å². The van der Waals surface area contributed by atoms with Crippen LogP contribution in [0, 0.1) is 6.92 Å². The molecule has 0 aliphatic carbocycles. The van der Waals surface area contributed by atoms with Gasteiger partial charge in [-0.15, -0.1) is 10.2 Å². The molecule has 1 N–H and O–H groups in total. The predicted octanol–water partition coefficient (Wildman–Crippen LogP) is 5.07. The molecule has 0 saturated heterocycles. The number of rotatable bonds is 3. The van der Waals surface area contributed by atoms with Gasteiger partial charge in [0.05, 0.1) is 10.0 Å². The molecule has 0 atom stereocenters. The molecule has 1 heterocycles. The lowest BCUT2D eigenvalue weighted by atomic mass is 10.2. The molecule has 4 nitrogen and oxygen atoms in total. The van der Waals surface area contributed by atoms with Crippen LogP contribution < -0.4 is 5.32 Å². The molecular weight excluding hydrogens is 353 g/mol. The van der Waals surface area contributed by atoms with Crippen molar-refractivity contribution in [2.75, 3.05) is 5.32 Å². The maximum Gasteiger partial charge on any atom is 0.257 e. The van der Waals surface area contributed by atoms with Crippen molar-refractivity contribution < 1.29 is 4.79 Å². The second-order valence-electron chi connectivity index (χ2n) is 4.86. The summed E-state index contributed by atoms with van der Waals surface area (Å²) >= 11 is 13.1. The number of aryl methyl sites for hydroxylation is 1. The maximum atomic E-state index is 12.2. The molecule has 0 spiro atoms. The number of anilines is 1. The Morgan fingerprint density at radius 3 is 2.48 bits per heavy atom. The Labute approximate surface area is 147 Å². The number of hydrogen-bond donors (Lipinski definition) is 1. The van der Waals surface area contributed by atoms with E-state index in [4.69, 9.17) is 23.2 Å². The van der Waals surface area contributed by atoms with Crippen molar-refractivity contribution in [1.29, 1.82) is 0 Å². The van der Waals surface area contributed by atoms with E-state index in [1.165, 1.54) is 23.0 Å². The minimum atomic E-state index is -0.310. The first-order valence-corrected chi connectivity index (χ1v) is 8.27. The second kappa shape index (κ2) is 6.66. The Hall–Kier alpha value is -1.95. The number of nitrogens with zero attached hydrogens (tertiary/aromatic N) is 2. The van der Waals surface area contributed by atoms with E-state index in [0.29, 0.717) is 20.7 Å². The molecule has 1 amide bonds. The standard InChI is InChI=1S/C16H11Cl2N3OS/c1-9-2-4-10(5-3-9)15-20-21-16(23-15)19-14(22)11-6-7-12(17)13(18)8-11/h2-8H,1H3,(H,19,21,22). The number of benzene rings is 2. The van der Waals surface area contributed by atoms with Crippen LogP contribution >= 0.6 is 34.5 Å². The van der Waals surface area contributed by atoms with Crippen molar-refractivity contribution in [3.63, 3.8) is 0 Å². The van der Waals surface area contributed by atoms with Crippen molar-refractivity contribution in [2.45, 2.75) is 6.92 Å². The third-order valence-electron chi connectivity index (χ3n) is 3.13. The maximum absolute atomic E-state index is 12.2. The van der Waals surface area contributed by atoms with Crippen LogP contribution in [0.5, 0.6) is 0 Å². The quantitative estimate of drug-likeness (QED) is 0.706. The SMILES string of the molecule is Cc1ccc(-c2nnc(NC(=O)c3ccc(Cl)c(Cl)c3)s2)cc1. The highest BCUT2D eigenvalue weighted by atomic mass is 35.5. The van der Waals surface area contributed by atoms with Crippen molar-refractivity contribution in [1.82, 2.24) is 10.2 Å². The average molecular weight is 364 g/mol. The number of carbonyl (C=O) groups excluding carboxylic acids is 1. The number of nitrogens with one attached hydrogen (secondary N) is 1. The summed E-state index contributed by atoms with van der Waals surface area (Å²) in [6.45, 7) is 2.02. The van der Waals surface area contributed by atoms with Crippen LogP contribution in [-0.4, -0.2) is 16.1 Å². The smallest absolute Gasteiger partial charge is 0.257 e. The highest BCUT2D eigenvalue weighted by Crippen LogP contribution is 2.27. The lowest BCUT2D eigenvalue weighted by Gasteiger charge is -2.02. The summed E-state index contributed by atoms with van der Waals surface area (Å²) in [6, 6.07) is 12.7. The molecule has 2 aromatic carbocycles. The third-order valence-corrected chi connectivity index (χ3v) is 4.75. The van der Waals surface area contributed by atoms with Crippen molar-refractivity contribution >= 4 is 45.6 Å². The fraction of sp³-hybridized carbons (Fsp3) is 0.0625. The summed E-state index contributed by atoms with van der Waals surface area (Å²) in [5.74, 6) is -0.310. The molecule has 3 aromatic rings. The van der Waals surface area contributed by atoms with E-state index in [2.05, 4.69) is 15.5 Å². The molecule has 0 aliphatic rings. The molecule has 0 unspecified atom stereocenters. The van der Waals surface area contributed by atoms with Gasteiger partial charge in [-0.25, -0.2) is 0 Å².